The Hall–Kier alpha value is -1.63. The SMILES string of the molecule is CC(N)C1CCCN(C(=O)CCCN2C(=O)NC(C)(C)C2=O)C1. The van der Waals surface area contributed by atoms with Gasteiger partial charge in [0.25, 0.3) is 5.91 Å². The summed E-state index contributed by atoms with van der Waals surface area (Å²) in [6, 6.07) is -0.277. The van der Waals surface area contributed by atoms with Crippen LogP contribution in [0.25, 0.3) is 0 Å². The third-order valence-corrected chi connectivity index (χ3v) is 4.77. The van der Waals surface area contributed by atoms with E-state index in [2.05, 4.69) is 5.32 Å². The molecule has 23 heavy (non-hydrogen) atoms. The second-order valence-corrected chi connectivity index (χ2v) is 7.22. The first-order chi connectivity index (χ1) is 10.7. The molecule has 2 fully saturated rings. The Labute approximate surface area is 137 Å². The summed E-state index contributed by atoms with van der Waals surface area (Å²) in [5.74, 6) is 0.214. The molecule has 2 rings (SSSR count). The first-order valence-corrected chi connectivity index (χ1v) is 8.40. The molecule has 4 amide bonds. The number of likely N-dealkylation sites (tertiary alicyclic amines) is 1. The van der Waals surface area contributed by atoms with E-state index in [9.17, 15) is 14.4 Å². The molecule has 0 aromatic rings. The normalized spacial score (nSPS) is 25.5. The number of amides is 4. The number of carbonyl (C=O) groups excluding carboxylic acids is 3. The van der Waals surface area contributed by atoms with Gasteiger partial charge in [0.05, 0.1) is 0 Å². The van der Waals surface area contributed by atoms with E-state index in [4.69, 9.17) is 5.73 Å². The van der Waals surface area contributed by atoms with Crippen molar-refractivity contribution in [2.24, 2.45) is 11.7 Å². The lowest BCUT2D eigenvalue weighted by Crippen LogP contribution is -2.45. The van der Waals surface area contributed by atoms with Crippen LogP contribution in [0, 0.1) is 5.92 Å². The van der Waals surface area contributed by atoms with Gasteiger partial charge in [-0.1, -0.05) is 0 Å². The number of urea groups is 1. The Morgan fingerprint density at radius 1 is 1.43 bits per heavy atom. The van der Waals surface area contributed by atoms with Crippen molar-refractivity contribution in [1.82, 2.24) is 15.1 Å². The van der Waals surface area contributed by atoms with Gasteiger partial charge in [0.2, 0.25) is 5.91 Å². The molecule has 0 saturated carbocycles. The summed E-state index contributed by atoms with van der Waals surface area (Å²) < 4.78 is 0. The molecule has 2 atom stereocenters. The molecule has 7 heteroatoms. The number of nitrogens with one attached hydrogen (secondary N) is 1. The smallest absolute Gasteiger partial charge is 0.325 e. The zero-order valence-corrected chi connectivity index (χ0v) is 14.3. The lowest BCUT2D eigenvalue weighted by atomic mass is 9.92. The van der Waals surface area contributed by atoms with E-state index in [1.54, 1.807) is 13.8 Å². The molecule has 0 aromatic heterocycles. The molecule has 3 N–H and O–H groups in total. The number of nitrogens with zero attached hydrogens (tertiary/aromatic N) is 2. The van der Waals surface area contributed by atoms with Gasteiger partial charge in [-0.25, -0.2) is 4.79 Å². The van der Waals surface area contributed by atoms with E-state index >= 15 is 0 Å². The summed E-state index contributed by atoms with van der Waals surface area (Å²) in [5, 5.41) is 2.64. The van der Waals surface area contributed by atoms with Crippen LogP contribution in [0.3, 0.4) is 0 Å². The third kappa shape index (κ3) is 4.02. The summed E-state index contributed by atoms with van der Waals surface area (Å²) in [5.41, 5.74) is 5.09. The van der Waals surface area contributed by atoms with Crippen LogP contribution in [0.2, 0.25) is 0 Å². The molecule has 2 saturated heterocycles. The minimum atomic E-state index is -0.849. The molecule has 0 radical (unpaired) electrons. The first kappa shape index (κ1) is 17.7. The molecule has 2 heterocycles. The molecule has 0 spiro atoms. The third-order valence-electron chi connectivity index (χ3n) is 4.77. The molecule has 0 bridgehead atoms. The van der Waals surface area contributed by atoms with Gasteiger partial charge in [-0.2, -0.15) is 0 Å². The van der Waals surface area contributed by atoms with E-state index in [0.29, 0.717) is 25.3 Å². The summed E-state index contributed by atoms with van der Waals surface area (Å²) in [4.78, 5) is 39.2. The number of rotatable bonds is 5. The van der Waals surface area contributed by atoms with Crippen LogP contribution in [0.1, 0.15) is 46.5 Å². The Morgan fingerprint density at radius 2 is 2.13 bits per heavy atom. The van der Waals surface area contributed by atoms with Gasteiger partial charge in [0, 0.05) is 32.1 Å². The summed E-state index contributed by atoms with van der Waals surface area (Å²) in [6.45, 7) is 7.12. The van der Waals surface area contributed by atoms with Gasteiger partial charge in [-0.3, -0.25) is 14.5 Å². The van der Waals surface area contributed by atoms with E-state index < -0.39 is 5.54 Å². The Morgan fingerprint density at radius 3 is 2.70 bits per heavy atom. The zero-order chi connectivity index (χ0) is 17.2. The standard InChI is InChI=1S/C16H28N4O3/c1-11(17)12-6-4-8-19(10-12)13(21)7-5-9-20-14(22)16(2,3)18-15(20)23/h11-12H,4-10,17H2,1-3H3,(H,18,23). The van der Waals surface area contributed by atoms with Crippen LogP contribution in [0.5, 0.6) is 0 Å². The highest BCUT2D eigenvalue weighted by molar-refractivity contribution is 6.06. The largest absolute Gasteiger partial charge is 0.342 e. The first-order valence-electron chi connectivity index (χ1n) is 8.40. The van der Waals surface area contributed by atoms with Crippen molar-refractivity contribution < 1.29 is 14.4 Å². The van der Waals surface area contributed by atoms with E-state index in [-0.39, 0.29) is 30.4 Å². The molecular weight excluding hydrogens is 296 g/mol. The van der Waals surface area contributed by atoms with Gasteiger partial charge in [0.15, 0.2) is 0 Å². The van der Waals surface area contributed by atoms with Gasteiger partial charge in [0.1, 0.15) is 5.54 Å². The lowest BCUT2D eigenvalue weighted by molar-refractivity contribution is -0.134. The molecule has 7 nitrogen and oxygen atoms in total. The second kappa shape index (κ2) is 6.86. The van der Waals surface area contributed by atoms with Crippen molar-refractivity contribution in [1.29, 1.82) is 0 Å². The molecule has 2 aliphatic rings. The van der Waals surface area contributed by atoms with Crippen LogP contribution in [-0.4, -0.2) is 58.9 Å². The average molecular weight is 324 g/mol. The highest BCUT2D eigenvalue weighted by atomic mass is 16.2. The minimum absolute atomic E-state index is 0.0849. The van der Waals surface area contributed by atoms with E-state index in [1.807, 2.05) is 11.8 Å². The number of carbonyl (C=O) groups is 3. The predicted molar refractivity (Wildman–Crippen MR) is 86.5 cm³/mol. The molecule has 2 unspecified atom stereocenters. The fourth-order valence-electron chi connectivity index (χ4n) is 3.23. The number of nitrogens with two attached hydrogens (primary N) is 1. The van der Waals surface area contributed by atoms with E-state index in [0.717, 1.165) is 19.4 Å². The monoisotopic (exact) mass is 324 g/mol. The van der Waals surface area contributed by atoms with Crippen LogP contribution >= 0.6 is 0 Å². The van der Waals surface area contributed by atoms with Gasteiger partial charge >= 0.3 is 6.03 Å². The Balaban J connectivity index is 1.79. The molecule has 130 valence electrons. The fraction of sp³-hybridized carbons (Fsp3) is 0.812. The Kier molecular flexibility index (Phi) is 5.29. The fourth-order valence-corrected chi connectivity index (χ4v) is 3.23. The minimum Gasteiger partial charge on any atom is -0.342 e. The quantitative estimate of drug-likeness (QED) is 0.727. The maximum atomic E-state index is 12.3. The maximum Gasteiger partial charge on any atom is 0.325 e. The highest BCUT2D eigenvalue weighted by Gasteiger charge is 2.43. The average Bonchev–Trinajstić information content (AvgIpc) is 2.68. The summed E-state index contributed by atoms with van der Waals surface area (Å²) >= 11 is 0. The molecule has 2 aliphatic heterocycles. The molecule has 0 aliphatic carbocycles. The zero-order valence-electron chi connectivity index (χ0n) is 14.3. The second-order valence-electron chi connectivity index (χ2n) is 7.22. The van der Waals surface area contributed by atoms with Crippen molar-refractivity contribution >= 4 is 17.8 Å². The number of piperidine rings is 1. The van der Waals surface area contributed by atoms with Crippen molar-refractivity contribution in [3.63, 3.8) is 0 Å². The summed E-state index contributed by atoms with van der Waals surface area (Å²) in [7, 11) is 0. The van der Waals surface area contributed by atoms with Crippen LogP contribution in [0.15, 0.2) is 0 Å². The predicted octanol–water partition coefficient (Wildman–Crippen LogP) is 0.683. The maximum absolute atomic E-state index is 12.3. The van der Waals surface area contributed by atoms with Crippen molar-refractivity contribution in [2.45, 2.75) is 58.0 Å². The lowest BCUT2D eigenvalue weighted by Gasteiger charge is -2.34. The highest BCUT2D eigenvalue weighted by Crippen LogP contribution is 2.20. The van der Waals surface area contributed by atoms with E-state index in [1.165, 1.54) is 4.90 Å². The van der Waals surface area contributed by atoms with Crippen LogP contribution < -0.4 is 11.1 Å². The molecule has 0 aromatic carbocycles. The van der Waals surface area contributed by atoms with Gasteiger partial charge < -0.3 is 16.0 Å². The van der Waals surface area contributed by atoms with Crippen molar-refractivity contribution in [3.8, 4) is 0 Å². The van der Waals surface area contributed by atoms with Crippen LogP contribution in [-0.2, 0) is 9.59 Å². The topological polar surface area (TPSA) is 95.7 Å². The van der Waals surface area contributed by atoms with Gasteiger partial charge in [-0.15, -0.1) is 0 Å². The Bertz CT molecular complexity index is 490. The number of hydrogen-bond acceptors (Lipinski definition) is 4. The van der Waals surface area contributed by atoms with Crippen LogP contribution in [0.4, 0.5) is 4.79 Å². The van der Waals surface area contributed by atoms with Crippen molar-refractivity contribution in [3.05, 3.63) is 0 Å². The van der Waals surface area contributed by atoms with Gasteiger partial charge in [-0.05, 0) is 46.0 Å². The molecular formula is C16H28N4O3. The number of imide groups is 1. The summed E-state index contributed by atoms with van der Waals surface area (Å²) in [6.07, 6.45) is 2.90. The van der Waals surface area contributed by atoms with Crippen molar-refractivity contribution in [2.75, 3.05) is 19.6 Å². The number of hydrogen-bond donors (Lipinski definition) is 2.